The van der Waals surface area contributed by atoms with Gasteiger partial charge in [-0.25, -0.2) is 9.38 Å². The number of rotatable bonds is 3. The van der Waals surface area contributed by atoms with Crippen molar-refractivity contribution >= 4 is 11.9 Å². The summed E-state index contributed by atoms with van der Waals surface area (Å²) in [6, 6.07) is 5.96. The number of nitrogens with zero attached hydrogens (tertiary/aromatic N) is 1. The fraction of sp³-hybridized carbons (Fsp3) is 0.385. The average molecular weight is 250 g/mol. The highest BCUT2D eigenvalue weighted by Gasteiger charge is 2.22. The maximum absolute atomic E-state index is 13.0. The molecule has 1 N–H and O–H groups in total. The van der Waals surface area contributed by atoms with Crippen LogP contribution >= 0.6 is 0 Å². The van der Waals surface area contributed by atoms with Crippen molar-refractivity contribution in [1.82, 2.24) is 5.32 Å². The monoisotopic (exact) mass is 250 g/mol. The van der Waals surface area contributed by atoms with Gasteiger partial charge in [-0.05, 0) is 38.0 Å². The molecule has 1 saturated carbocycles. The van der Waals surface area contributed by atoms with E-state index in [2.05, 4.69) is 10.3 Å². The van der Waals surface area contributed by atoms with E-state index in [0.29, 0.717) is 6.61 Å². The number of ether oxygens (including phenoxy) is 1. The van der Waals surface area contributed by atoms with Crippen LogP contribution in [-0.2, 0) is 4.74 Å². The Bertz CT molecular complexity index is 470. The van der Waals surface area contributed by atoms with Gasteiger partial charge in [-0.2, -0.15) is 0 Å². The minimum Gasteiger partial charge on any atom is -0.465 e. The van der Waals surface area contributed by atoms with Crippen LogP contribution in [0.3, 0.4) is 0 Å². The van der Waals surface area contributed by atoms with Gasteiger partial charge in [-0.15, -0.1) is 0 Å². The molecule has 2 rings (SSSR count). The zero-order valence-electron chi connectivity index (χ0n) is 10.1. The molecule has 96 valence electrons. The molecule has 0 radical (unpaired) electrons. The standard InChI is InChI=1S/C13H15FN2O2/c1-2-18-13(15-11-6-7-11)16-12(17)9-4-3-5-10(14)8-9/h3-5,8,11H,2,6-7H2,1H3,(H,15,16,17). The van der Waals surface area contributed by atoms with Gasteiger partial charge in [0.1, 0.15) is 5.82 Å². The Balaban J connectivity index is 2.04. The minimum absolute atomic E-state index is 0.217. The van der Waals surface area contributed by atoms with Gasteiger partial charge in [0.25, 0.3) is 11.9 Å². The number of carbonyl (C=O) groups excluding carboxylic acids is 1. The van der Waals surface area contributed by atoms with E-state index in [9.17, 15) is 9.18 Å². The Morgan fingerprint density at radius 1 is 1.56 bits per heavy atom. The SMILES string of the molecule is CCOC(=NC1CC1)NC(=O)c1cccc(F)c1. The normalized spacial score (nSPS) is 15.3. The molecule has 0 saturated heterocycles. The van der Waals surface area contributed by atoms with Gasteiger partial charge in [0.15, 0.2) is 0 Å². The minimum atomic E-state index is -0.445. The fourth-order valence-electron chi connectivity index (χ4n) is 1.41. The van der Waals surface area contributed by atoms with Crippen LogP contribution in [0.5, 0.6) is 0 Å². The molecule has 1 aromatic carbocycles. The second-order valence-electron chi connectivity index (χ2n) is 4.06. The van der Waals surface area contributed by atoms with Crippen molar-refractivity contribution < 1.29 is 13.9 Å². The van der Waals surface area contributed by atoms with Crippen molar-refractivity contribution in [3.8, 4) is 0 Å². The van der Waals surface area contributed by atoms with Gasteiger partial charge >= 0.3 is 0 Å². The van der Waals surface area contributed by atoms with Crippen molar-refractivity contribution in [1.29, 1.82) is 0 Å². The number of amides is 1. The summed E-state index contributed by atoms with van der Waals surface area (Å²) in [5.74, 6) is -0.859. The van der Waals surface area contributed by atoms with Crippen molar-refractivity contribution in [3.63, 3.8) is 0 Å². The summed E-state index contributed by atoms with van der Waals surface area (Å²) in [6.07, 6.45) is 2.04. The molecule has 1 aliphatic carbocycles. The van der Waals surface area contributed by atoms with Crippen LogP contribution in [-0.4, -0.2) is 24.6 Å². The molecular formula is C13H15FN2O2. The van der Waals surface area contributed by atoms with Crippen molar-refractivity contribution in [3.05, 3.63) is 35.6 Å². The van der Waals surface area contributed by atoms with Crippen LogP contribution in [0, 0.1) is 5.82 Å². The van der Waals surface area contributed by atoms with Crippen LogP contribution in [0.25, 0.3) is 0 Å². The maximum atomic E-state index is 13.0. The van der Waals surface area contributed by atoms with Crippen LogP contribution in [0.15, 0.2) is 29.3 Å². The third kappa shape index (κ3) is 3.55. The van der Waals surface area contributed by atoms with Crippen LogP contribution in [0.4, 0.5) is 4.39 Å². The lowest BCUT2D eigenvalue weighted by atomic mass is 10.2. The molecule has 0 unspecified atom stereocenters. The Kier molecular flexibility index (Phi) is 3.92. The first-order valence-corrected chi connectivity index (χ1v) is 5.96. The summed E-state index contributed by atoms with van der Waals surface area (Å²) < 4.78 is 18.2. The van der Waals surface area contributed by atoms with E-state index >= 15 is 0 Å². The van der Waals surface area contributed by atoms with Gasteiger partial charge in [0.05, 0.1) is 12.6 Å². The molecule has 4 nitrogen and oxygen atoms in total. The summed E-state index contributed by atoms with van der Waals surface area (Å²) in [7, 11) is 0. The molecule has 1 amide bonds. The number of hydrogen-bond donors (Lipinski definition) is 1. The first-order chi connectivity index (χ1) is 8.69. The quantitative estimate of drug-likeness (QED) is 0.659. The second kappa shape index (κ2) is 5.62. The van der Waals surface area contributed by atoms with E-state index in [1.54, 1.807) is 6.07 Å². The molecule has 0 spiro atoms. The van der Waals surface area contributed by atoms with Gasteiger partial charge in [0.2, 0.25) is 0 Å². The molecule has 0 atom stereocenters. The van der Waals surface area contributed by atoms with Crippen molar-refractivity contribution in [2.45, 2.75) is 25.8 Å². The molecule has 0 heterocycles. The van der Waals surface area contributed by atoms with Gasteiger partial charge < -0.3 is 4.74 Å². The first-order valence-electron chi connectivity index (χ1n) is 5.96. The summed E-state index contributed by atoms with van der Waals surface area (Å²) >= 11 is 0. The van der Waals surface area contributed by atoms with E-state index in [4.69, 9.17) is 4.74 Å². The van der Waals surface area contributed by atoms with Crippen molar-refractivity contribution in [2.24, 2.45) is 4.99 Å². The van der Waals surface area contributed by atoms with E-state index in [-0.39, 0.29) is 17.6 Å². The zero-order chi connectivity index (χ0) is 13.0. The predicted molar refractivity (Wildman–Crippen MR) is 65.9 cm³/mol. The number of halogens is 1. The Labute approximate surface area is 105 Å². The summed E-state index contributed by atoms with van der Waals surface area (Å²) in [4.78, 5) is 16.1. The highest BCUT2D eigenvalue weighted by Crippen LogP contribution is 2.23. The third-order valence-corrected chi connectivity index (χ3v) is 2.44. The molecule has 18 heavy (non-hydrogen) atoms. The maximum Gasteiger partial charge on any atom is 0.291 e. The molecule has 1 aliphatic rings. The molecule has 0 aromatic heterocycles. The molecule has 0 bridgehead atoms. The Morgan fingerprint density at radius 2 is 2.33 bits per heavy atom. The first kappa shape index (κ1) is 12.5. The average Bonchev–Trinajstić information content (AvgIpc) is 3.13. The Hall–Kier alpha value is -1.91. The number of aliphatic imine (C=N–C) groups is 1. The topological polar surface area (TPSA) is 50.7 Å². The smallest absolute Gasteiger partial charge is 0.291 e. The zero-order valence-corrected chi connectivity index (χ0v) is 10.1. The van der Waals surface area contributed by atoms with Gasteiger partial charge in [0, 0.05) is 5.56 Å². The van der Waals surface area contributed by atoms with Crippen molar-refractivity contribution in [2.75, 3.05) is 6.61 Å². The molecule has 0 aliphatic heterocycles. The summed E-state index contributed by atoms with van der Waals surface area (Å²) in [5, 5.41) is 2.55. The van der Waals surface area contributed by atoms with Gasteiger partial charge in [-0.3, -0.25) is 10.1 Å². The van der Waals surface area contributed by atoms with E-state index in [1.807, 2.05) is 6.92 Å². The fourth-order valence-corrected chi connectivity index (χ4v) is 1.41. The van der Waals surface area contributed by atoms with E-state index in [1.165, 1.54) is 18.2 Å². The van der Waals surface area contributed by atoms with E-state index < -0.39 is 11.7 Å². The summed E-state index contributed by atoms with van der Waals surface area (Å²) in [5.41, 5.74) is 0.248. The molecular weight excluding hydrogens is 235 g/mol. The summed E-state index contributed by atoms with van der Waals surface area (Å²) in [6.45, 7) is 2.24. The number of amidine groups is 1. The van der Waals surface area contributed by atoms with E-state index in [0.717, 1.165) is 12.8 Å². The highest BCUT2D eigenvalue weighted by atomic mass is 19.1. The lowest BCUT2D eigenvalue weighted by Gasteiger charge is -2.09. The number of benzene rings is 1. The molecule has 1 aromatic rings. The lowest BCUT2D eigenvalue weighted by Crippen LogP contribution is -2.33. The molecule has 1 fully saturated rings. The van der Waals surface area contributed by atoms with Crippen LogP contribution < -0.4 is 5.32 Å². The Morgan fingerprint density at radius 3 is 2.94 bits per heavy atom. The second-order valence-corrected chi connectivity index (χ2v) is 4.06. The van der Waals surface area contributed by atoms with Crippen LogP contribution in [0.1, 0.15) is 30.1 Å². The van der Waals surface area contributed by atoms with Crippen LogP contribution in [0.2, 0.25) is 0 Å². The number of hydrogen-bond acceptors (Lipinski definition) is 3. The van der Waals surface area contributed by atoms with Gasteiger partial charge in [-0.1, -0.05) is 6.07 Å². The lowest BCUT2D eigenvalue weighted by molar-refractivity contribution is 0.0965. The predicted octanol–water partition coefficient (Wildman–Crippen LogP) is 2.11. The third-order valence-electron chi connectivity index (χ3n) is 2.44. The number of nitrogens with one attached hydrogen (secondary N) is 1. The highest BCUT2D eigenvalue weighted by molar-refractivity contribution is 6.04. The largest absolute Gasteiger partial charge is 0.465 e. The molecule has 5 heteroatoms. The number of carbonyl (C=O) groups is 1.